The van der Waals surface area contributed by atoms with Crippen molar-refractivity contribution in [1.82, 2.24) is 10.6 Å². The fourth-order valence-corrected chi connectivity index (χ4v) is 4.96. The molecule has 2 N–H and O–H groups in total. The molecule has 1 aliphatic carbocycles. The molecule has 1 saturated carbocycles. The number of thioether (sulfide) groups is 1. The number of hydrogen-bond donors (Lipinski definition) is 2. The molecule has 2 unspecified atom stereocenters. The lowest BCUT2D eigenvalue weighted by molar-refractivity contribution is 0.419. The maximum absolute atomic E-state index is 4.44. The molecule has 1 aliphatic heterocycles. The number of nitrogens with one attached hydrogen (secondary N) is 2. The first-order chi connectivity index (χ1) is 12.8. The van der Waals surface area contributed by atoms with Gasteiger partial charge in [0.15, 0.2) is 5.96 Å². The quantitative estimate of drug-likeness (QED) is 0.453. The number of guanidine groups is 1. The molecule has 0 radical (unpaired) electrons. The molecule has 4 nitrogen and oxygen atoms in total. The third-order valence-corrected chi connectivity index (χ3v) is 6.38. The molecule has 0 amide bonds. The second-order valence-electron chi connectivity index (χ2n) is 7.06. The van der Waals surface area contributed by atoms with Gasteiger partial charge in [0.2, 0.25) is 0 Å². The van der Waals surface area contributed by atoms with Gasteiger partial charge >= 0.3 is 0 Å². The first-order valence-corrected chi connectivity index (χ1v) is 10.9. The Morgan fingerprint density at radius 3 is 2.88 bits per heavy atom. The minimum absolute atomic E-state index is 0.543. The summed E-state index contributed by atoms with van der Waals surface area (Å²) < 4.78 is 0. The number of benzene rings is 1. The maximum atomic E-state index is 4.44. The first-order valence-electron chi connectivity index (χ1n) is 9.86. The molecule has 0 bridgehead atoms. The average Bonchev–Trinajstić information content (AvgIpc) is 3.21. The lowest BCUT2D eigenvalue weighted by Gasteiger charge is -2.30. The van der Waals surface area contributed by atoms with Crippen molar-refractivity contribution in [2.24, 2.45) is 4.99 Å². The van der Waals surface area contributed by atoms with Gasteiger partial charge in [-0.15, -0.1) is 0 Å². The van der Waals surface area contributed by atoms with E-state index in [1.165, 1.54) is 42.7 Å². The van der Waals surface area contributed by atoms with Crippen molar-refractivity contribution in [3.63, 3.8) is 0 Å². The standard InChI is InChI=1S/C21H32N4S/c1-3-26-20-11-7-9-18(15-20)24-21(22-2)23-16-17-8-6-10-19(14-17)25-12-4-5-13-25/h4-6,8,10,14,18,20H,3,7,9,11-13,15-16H2,1-2H3,(H2,22,23,24). The van der Waals surface area contributed by atoms with Gasteiger partial charge in [-0.1, -0.05) is 37.6 Å². The lowest BCUT2D eigenvalue weighted by Crippen LogP contribution is -2.45. The second kappa shape index (κ2) is 9.91. The van der Waals surface area contributed by atoms with E-state index in [9.17, 15) is 0 Å². The summed E-state index contributed by atoms with van der Waals surface area (Å²) in [6.07, 6.45) is 9.63. The van der Waals surface area contributed by atoms with Crippen LogP contribution in [-0.2, 0) is 6.54 Å². The van der Waals surface area contributed by atoms with Crippen LogP contribution in [0.25, 0.3) is 0 Å². The fraction of sp³-hybridized carbons (Fsp3) is 0.571. The van der Waals surface area contributed by atoms with Gasteiger partial charge in [-0.05, 0) is 42.7 Å². The van der Waals surface area contributed by atoms with Gasteiger partial charge in [0.05, 0.1) is 0 Å². The molecular weight excluding hydrogens is 340 g/mol. The van der Waals surface area contributed by atoms with Crippen molar-refractivity contribution < 1.29 is 0 Å². The zero-order valence-electron chi connectivity index (χ0n) is 16.1. The van der Waals surface area contributed by atoms with Crippen LogP contribution in [0.4, 0.5) is 5.69 Å². The van der Waals surface area contributed by atoms with E-state index in [0.29, 0.717) is 6.04 Å². The maximum Gasteiger partial charge on any atom is 0.191 e. The summed E-state index contributed by atoms with van der Waals surface area (Å²) in [7, 11) is 1.86. The van der Waals surface area contributed by atoms with Crippen LogP contribution in [0.15, 0.2) is 41.4 Å². The third kappa shape index (κ3) is 5.44. The molecular formula is C21H32N4S. The van der Waals surface area contributed by atoms with Crippen LogP contribution in [0, 0.1) is 0 Å². The molecule has 1 aromatic carbocycles. The van der Waals surface area contributed by atoms with Crippen LogP contribution in [0.2, 0.25) is 0 Å². The first kappa shape index (κ1) is 19.2. The molecule has 0 saturated heterocycles. The van der Waals surface area contributed by atoms with E-state index in [4.69, 9.17) is 0 Å². The zero-order chi connectivity index (χ0) is 18.2. The predicted octanol–water partition coefficient (Wildman–Crippen LogP) is 3.79. The van der Waals surface area contributed by atoms with Gasteiger partial charge in [0.1, 0.15) is 0 Å². The smallest absolute Gasteiger partial charge is 0.191 e. The Morgan fingerprint density at radius 1 is 1.27 bits per heavy atom. The van der Waals surface area contributed by atoms with Crippen molar-refractivity contribution in [2.45, 2.75) is 50.4 Å². The highest BCUT2D eigenvalue weighted by atomic mass is 32.2. The SMILES string of the molecule is CCSC1CCCC(NC(=NC)NCc2cccc(N3CC=CC3)c2)C1. The van der Waals surface area contributed by atoms with E-state index in [1.54, 1.807) is 0 Å². The molecule has 2 atom stereocenters. The van der Waals surface area contributed by atoms with E-state index in [0.717, 1.165) is 30.8 Å². The Kier molecular flexibility index (Phi) is 7.30. The molecule has 5 heteroatoms. The van der Waals surface area contributed by atoms with Gasteiger partial charge in [-0.3, -0.25) is 4.99 Å². The molecule has 1 aromatic rings. The van der Waals surface area contributed by atoms with Crippen molar-refractivity contribution in [3.8, 4) is 0 Å². The zero-order valence-corrected chi connectivity index (χ0v) is 16.9. The topological polar surface area (TPSA) is 39.7 Å². The Labute approximate surface area is 162 Å². The Hall–Kier alpha value is -1.62. The molecule has 3 rings (SSSR count). The largest absolute Gasteiger partial charge is 0.364 e. The predicted molar refractivity (Wildman–Crippen MR) is 115 cm³/mol. The number of anilines is 1. The van der Waals surface area contributed by atoms with Gasteiger partial charge in [0, 0.05) is 43.7 Å². The summed E-state index contributed by atoms with van der Waals surface area (Å²) in [5.74, 6) is 2.14. The van der Waals surface area contributed by atoms with E-state index < -0.39 is 0 Å². The molecule has 0 aromatic heterocycles. The van der Waals surface area contributed by atoms with Gasteiger partial charge < -0.3 is 15.5 Å². The summed E-state index contributed by atoms with van der Waals surface area (Å²) >= 11 is 2.10. The minimum Gasteiger partial charge on any atom is -0.364 e. The Morgan fingerprint density at radius 2 is 2.12 bits per heavy atom. The molecule has 2 aliphatic rings. The highest BCUT2D eigenvalue weighted by Gasteiger charge is 2.22. The van der Waals surface area contributed by atoms with Crippen LogP contribution in [0.5, 0.6) is 0 Å². The van der Waals surface area contributed by atoms with Gasteiger partial charge in [0.25, 0.3) is 0 Å². The van der Waals surface area contributed by atoms with Crippen molar-refractivity contribution >= 4 is 23.4 Å². The monoisotopic (exact) mass is 372 g/mol. The lowest BCUT2D eigenvalue weighted by atomic mass is 9.95. The number of nitrogens with zero attached hydrogens (tertiary/aromatic N) is 2. The van der Waals surface area contributed by atoms with Crippen molar-refractivity contribution in [2.75, 3.05) is 30.8 Å². The number of rotatable bonds is 6. The van der Waals surface area contributed by atoms with Crippen LogP contribution in [-0.4, -0.2) is 43.1 Å². The van der Waals surface area contributed by atoms with Crippen molar-refractivity contribution in [3.05, 3.63) is 42.0 Å². The van der Waals surface area contributed by atoms with Crippen LogP contribution in [0.1, 0.15) is 38.2 Å². The van der Waals surface area contributed by atoms with Gasteiger partial charge in [-0.25, -0.2) is 0 Å². The molecule has 26 heavy (non-hydrogen) atoms. The Balaban J connectivity index is 1.50. The number of hydrogen-bond acceptors (Lipinski definition) is 3. The fourth-order valence-electron chi connectivity index (χ4n) is 3.79. The summed E-state index contributed by atoms with van der Waals surface area (Å²) in [4.78, 5) is 6.81. The van der Waals surface area contributed by atoms with E-state index in [1.807, 2.05) is 7.05 Å². The second-order valence-corrected chi connectivity index (χ2v) is 8.63. The third-order valence-electron chi connectivity index (χ3n) is 5.15. The molecule has 0 spiro atoms. The van der Waals surface area contributed by atoms with E-state index in [2.05, 4.69) is 75.6 Å². The minimum atomic E-state index is 0.543. The highest BCUT2D eigenvalue weighted by molar-refractivity contribution is 7.99. The van der Waals surface area contributed by atoms with Gasteiger partial charge in [-0.2, -0.15) is 11.8 Å². The van der Waals surface area contributed by atoms with E-state index >= 15 is 0 Å². The summed E-state index contributed by atoms with van der Waals surface area (Å²) in [6.45, 7) is 5.08. The molecule has 1 heterocycles. The summed E-state index contributed by atoms with van der Waals surface area (Å²) in [6, 6.07) is 9.34. The van der Waals surface area contributed by atoms with E-state index in [-0.39, 0.29) is 0 Å². The highest BCUT2D eigenvalue weighted by Crippen LogP contribution is 2.28. The van der Waals surface area contributed by atoms with Crippen LogP contribution >= 0.6 is 11.8 Å². The van der Waals surface area contributed by atoms with Crippen LogP contribution in [0.3, 0.4) is 0 Å². The number of aliphatic imine (C=N–C) groups is 1. The van der Waals surface area contributed by atoms with Crippen LogP contribution < -0.4 is 15.5 Å². The summed E-state index contributed by atoms with van der Waals surface area (Å²) in [5, 5.41) is 7.94. The summed E-state index contributed by atoms with van der Waals surface area (Å²) in [5.41, 5.74) is 2.59. The normalized spacial score (nSPS) is 23.3. The average molecular weight is 373 g/mol. The Bertz CT molecular complexity index is 618. The molecule has 142 valence electrons. The molecule has 1 fully saturated rings. The van der Waals surface area contributed by atoms with Crippen molar-refractivity contribution in [1.29, 1.82) is 0 Å².